The molecular weight excluding hydrogens is 478 g/mol. The van der Waals surface area contributed by atoms with Crippen LogP contribution in [0.25, 0.3) is 0 Å². The third-order valence-electron chi connectivity index (χ3n) is 5.45. The second-order valence-electron chi connectivity index (χ2n) is 8.02. The first kappa shape index (κ1) is 25.0. The highest BCUT2D eigenvalue weighted by Crippen LogP contribution is 2.22. The van der Waals surface area contributed by atoms with E-state index >= 15 is 0 Å². The molecule has 0 atom stereocenters. The van der Waals surface area contributed by atoms with Gasteiger partial charge in [-0.2, -0.15) is 4.68 Å². The number of nitrogens with zero attached hydrogens (tertiary/aromatic N) is 6. The smallest absolute Gasteiger partial charge is 0.353 e. The minimum Gasteiger partial charge on any atom is -0.439 e. The van der Waals surface area contributed by atoms with Gasteiger partial charge in [0.25, 0.3) is 0 Å². The van der Waals surface area contributed by atoms with Gasteiger partial charge in [-0.15, -0.1) is 4.91 Å². The molecule has 2 N–H and O–H groups in total. The number of hydrogen-bond donors (Lipinski definition) is 1. The number of nitroso groups, excluding NO2 is 1. The molecule has 0 aliphatic carbocycles. The molecule has 188 valence electrons. The van der Waals surface area contributed by atoms with Gasteiger partial charge in [-0.1, -0.05) is 35.9 Å². The fourth-order valence-electron chi connectivity index (χ4n) is 3.52. The van der Waals surface area contributed by atoms with Crippen molar-refractivity contribution in [3.63, 3.8) is 0 Å². The Morgan fingerprint density at radius 2 is 1.68 bits per heavy atom. The number of pyridine rings is 1. The number of aromatic nitrogens is 4. The van der Waals surface area contributed by atoms with Crippen molar-refractivity contribution in [1.29, 1.82) is 0 Å². The summed E-state index contributed by atoms with van der Waals surface area (Å²) in [5, 5.41) is 2.35. The molecule has 0 unspecified atom stereocenters. The van der Waals surface area contributed by atoms with E-state index in [0.29, 0.717) is 11.4 Å². The standard InChI is InChI=1S/C25H23N7O5/c1-3-30-24(34)31(15-17-9-7-16(2)8-10-17)23(32(26)25(30)35)27-18-11-13-19(14-12-18)37-21-6-4-5-20(28-21)22(33)29-36/h4-14H,3,15,26H2,1-2H3/b27-23-. The maximum absolute atomic E-state index is 13.1. The van der Waals surface area contributed by atoms with Crippen LogP contribution in [0.1, 0.15) is 28.5 Å². The number of nitrogen functional groups attached to an aromatic ring is 1. The third kappa shape index (κ3) is 5.42. The summed E-state index contributed by atoms with van der Waals surface area (Å²) in [5.41, 5.74) is 0.940. The van der Waals surface area contributed by atoms with Crippen molar-refractivity contribution in [2.24, 2.45) is 10.2 Å². The predicted molar refractivity (Wildman–Crippen MR) is 135 cm³/mol. The average molecular weight is 502 g/mol. The number of hydrogen-bond acceptors (Lipinski definition) is 8. The van der Waals surface area contributed by atoms with Crippen molar-refractivity contribution >= 4 is 11.6 Å². The maximum Gasteiger partial charge on any atom is 0.353 e. The molecule has 4 rings (SSSR count). The van der Waals surface area contributed by atoms with Crippen LogP contribution in [0.4, 0.5) is 5.69 Å². The summed E-state index contributed by atoms with van der Waals surface area (Å²) in [6.07, 6.45) is 0. The van der Waals surface area contributed by atoms with Crippen LogP contribution in [0.3, 0.4) is 0 Å². The van der Waals surface area contributed by atoms with Crippen molar-refractivity contribution in [3.05, 3.63) is 115 Å². The van der Waals surface area contributed by atoms with Gasteiger partial charge in [0.2, 0.25) is 11.5 Å². The van der Waals surface area contributed by atoms with Crippen LogP contribution >= 0.6 is 0 Å². The summed E-state index contributed by atoms with van der Waals surface area (Å²) in [5.74, 6) is 5.53. The molecule has 0 spiro atoms. The Labute approximate surface area is 209 Å². The largest absolute Gasteiger partial charge is 0.439 e. The lowest BCUT2D eigenvalue weighted by Crippen LogP contribution is -2.57. The molecule has 37 heavy (non-hydrogen) atoms. The van der Waals surface area contributed by atoms with Crippen molar-refractivity contribution in [3.8, 4) is 11.6 Å². The number of rotatable bonds is 7. The second-order valence-corrected chi connectivity index (χ2v) is 8.02. The van der Waals surface area contributed by atoms with Gasteiger partial charge in [-0.05, 0) is 49.7 Å². The Bertz CT molecular complexity index is 1650. The first-order chi connectivity index (χ1) is 17.8. The Balaban J connectivity index is 1.72. The summed E-state index contributed by atoms with van der Waals surface area (Å²) in [7, 11) is 0. The Hall–Kier alpha value is -5.13. The van der Waals surface area contributed by atoms with Crippen LogP contribution in [0.2, 0.25) is 0 Å². The first-order valence-electron chi connectivity index (χ1n) is 11.3. The Morgan fingerprint density at radius 1 is 0.973 bits per heavy atom. The fourth-order valence-corrected chi connectivity index (χ4v) is 3.52. The monoisotopic (exact) mass is 501 g/mol. The van der Waals surface area contributed by atoms with Gasteiger partial charge < -0.3 is 10.6 Å². The maximum atomic E-state index is 13.1. The number of aryl methyl sites for hydroxylation is 1. The number of amides is 1. The molecule has 2 heterocycles. The highest BCUT2D eigenvalue weighted by Gasteiger charge is 2.13. The van der Waals surface area contributed by atoms with E-state index in [-0.39, 0.29) is 30.3 Å². The average Bonchev–Trinajstić information content (AvgIpc) is 2.91. The zero-order chi connectivity index (χ0) is 26.5. The fraction of sp³-hybridized carbons (Fsp3) is 0.160. The van der Waals surface area contributed by atoms with E-state index in [2.05, 4.69) is 15.2 Å². The van der Waals surface area contributed by atoms with E-state index in [9.17, 15) is 19.3 Å². The van der Waals surface area contributed by atoms with Crippen LogP contribution in [0.15, 0.2) is 86.5 Å². The number of ether oxygens (including phenoxy) is 1. The van der Waals surface area contributed by atoms with E-state index in [1.807, 2.05) is 31.2 Å². The molecule has 0 saturated heterocycles. The quantitative estimate of drug-likeness (QED) is 0.301. The van der Waals surface area contributed by atoms with Gasteiger partial charge in [-0.3, -0.25) is 9.36 Å². The van der Waals surface area contributed by atoms with E-state index in [1.54, 1.807) is 31.2 Å². The van der Waals surface area contributed by atoms with Crippen molar-refractivity contribution in [2.45, 2.75) is 26.9 Å². The van der Waals surface area contributed by atoms with Gasteiger partial charge in [0.15, 0.2) is 0 Å². The zero-order valence-corrected chi connectivity index (χ0v) is 20.1. The van der Waals surface area contributed by atoms with Crippen LogP contribution in [-0.4, -0.2) is 24.7 Å². The van der Waals surface area contributed by atoms with Crippen LogP contribution < -0.4 is 27.6 Å². The van der Waals surface area contributed by atoms with Gasteiger partial charge in [0, 0.05) is 17.8 Å². The molecule has 0 fully saturated rings. The Morgan fingerprint density at radius 3 is 2.32 bits per heavy atom. The third-order valence-corrected chi connectivity index (χ3v) is 5.45. The lowest BCUT2D eigenvalue weighted by molar-refractivity contribution is 0.0995. The second kappa shape index (κ2) is 10.6. The Kier molecular flexibility index (Phi) is 7.19. The SMILES string of the molecule is CCn1c(=O)n(N)/c(=N\c2ccc(Oc3cccc(C(=O)N=O)n3)cc2)n(Cc2ccc(C)cc2)c1=O. The first-order valence-corrected chi connectivity index (χ1v) is 11.3. The lowest BCUT2D eigenvalue weighted by Gasteiger charge is -2.13. The molecule has 0 saturated carbocycles. The lowest BCUT2D eigenvalue weighted by atomic mass is 10.1. The van der Waals surface area contributed by atoms with Crippen molar-refractivity contribution in [2.75, 3.05) is 5.84 Å². The van der Waals surface area contributed by atoms with Gasteiger partial charge in [0.05, 0.1) is 12.2 Å². The number of carbonyl (C=O) groups is 1. The number of benzene rings is 2. The molecule has 0 bridgehead atoms. The summed E-state index contributed by atoms with van der Waals surface area (Å²) in [4.78, 5) is 56.1. The minimum absolute atomic E-state index is 0.0248. The zero-order valence-electron chi connectivity index (χ0n) is 20.1. The van der Waals surface area contributed by atoms with E-state index in [1.165, 1.54) is 22.8 Å². The molecule has 2 aromatic heterocycles. The van der Waals surface area contributed by atoms with Crippen LogP contribution in [0.5, 0.6) is 11.6 Å². The van der Waals surface area contributed by atoms with Gasteiger partial charge >= 0.3 is 17.3 Å². The highest BCUT2D eigenvalue weighted by atomic mass is 16.5. The summed E-state index contributed by atoms with van der Waals surface area (Å²) in [6, 6.07) is 18.4. The van der Waals surface area contributed by atoms with E-state index < -0.39 is 17.3 Å². The molecule has 0 aliphatic rings. The molecule has 4 aromatic rings. The molecule has 1 amide bonds. The summed E-state index contributed by atoms with van der Waals surface area (Å²) in [6.45, 7) is 3.96. The highest BCUT2D eigenvalue weighted by molar-refractivity contribution is 5.92. The number of nitrogens with two attached hydrogens (primary N) is 1. The van der Waals surface area contributed by atoms with E-state index in [0.717, 1.165) is 20.4 Å². The molecule has 12 heteroatoms. The molecule has 0 aliphatic heterocycles. The van der Waals surface area contributed by atoms with Crippen molar-refractivity contribution in [1.82, 2.24) is 18.8 Å². The predicted octanol–water partition coefficient (Wildman–Crippen LogP) is 2.23. The van der Waals surface area contributed by atoms with Crippen molar-refractivity contribution < 1.29 is 9.53 Å². The normalized spacial score (nSPS) is 11.4. The molecule has 0 radical (unpaired) electrons. The van der Waals surface area contributed by atoms with Gasteiger partial charge in [0.1, 0.15) is 11.4 Å². The molecular formula is C25H23N7O5. The van der Waals surface area contributed by atoms with Gasteiger partial charge in [-0.25, -0.2) is 24.1 Å². The van der Waals surface area contributed by atoms with Crippen LogP contribution in [-0.2, 0) is 13.1 Å². The summed E-state index contributed by atoms with van der Waals surface area (Å²) >= 11 is 0. The number of carbonyl (C=O) groups excluding carboxylic acids is 1. The van der Waals surface area contributed by atoms with Crippen LogP contribution in [0, 0.1) is 11.8 Å². The van der Waals surface area contributed by atoms with E-state index in [4.69, 9.17) is 10.6 Å². The minimum atomic E-state index is -1.00. The summed E-state index contributed by atoms with van der Waals surface area (Å²) < 4.78 is 8.86. The molecule has 12 nitrogen and oxygen atoms in total. The topological polar surface area (TPSA) is 156 Å². The molecule has 2 aromatic carbocycles.